The van der Waals surface area contributed by atoms with E-state index in [4.69, 9.17) is 24.7 Å². The summed E-state index contributed by atoms with van der Waals surface area (Å²) in [6.07, 6.45) is 2.47. The second kappa shape index (κ2) is 10.5. The molecule has 1 unspecified atom stereocenters. The van der Waals surface area contributed by atoms with Crippen LogP contribution >= 0.6 is 0 Å². The molecule has 0 saturated heterocycles. The molecule has 9 heteroatoms. The van der Waals surface area contributed by atoms with E-state index < -0.39 is 34.6 Å². The molecular weight excluding hydrogens is 392 g/mol. The summed E-state index contributed by atoms with van der Waals surface area (Å²) in [5.41, 5.74) is 1.95. The lowest BCUT2D eigenvalue weighted by Crippen LogP contribution is -2.55. The monoisotopic (exact) mass is 424 g/mol. The molecule has 1 rings (SSSR count). The molecule has 0 fully saturated rings. The average Bonchev–Trinajstić information content (AvgIpc) is 2.68. The van der Waals surface area contributed by atoms with Crippen LogP contribution < -0.4 is 5.73 Å². The highest BCUT2D eigenvalue weighted by molar-refractivity contribution is 6.06. The van der Waals surface area contributed by atoms with Crippen LogP contribution in [0.5, 0.6) is 0 Å². The Morgan fingerprint density at radius 2 is 1.43 bits per heavy atom. The van der Waals surface area contributed by atoms with Gasteiger partial charge in [-0.2, -0.15) is 0 Å². The van der Waals surface area contributed by atoms with Crippen LogP contribution in [0.15, 0.2) is 24.5 Å². The molecule has 0 aliphatic heterocycles. The van der Waals surface area contributed by atoms with Crippen molar-refractivity contribution in [2.24, 2.45) is 5.73 Å². The van der Waals surface area contributed by atoms with Gasteiger partial charge in [-0.3, -0.25) is 20.3 Å². The van der Waals surface area contributed by atoms with Gasteiger partial charge in [0, 0.05) is 25.9 Å². The third-order valence-electron chi connectivity index (χ3n) is 4.40. The van der Waals surface area contributed by atoms with Crippen molar-refractivity contribution in [2.45, 2.75) is 64.2 Å². The van der Waals surface area contributed by atoms with E-state index in [-0.39, 0.29) is 26.1 Å². The highest BCUT2D eigenvalue weighted by atomic mass is 16.6. The van der Waals surface area contributed by atoms with Crippen LogP contribution in [0.4, 0.5) is 0 Å². The van der Waals surface area contributed by atoms with Gasteiger partial charge in [-0.25, -0.2) is 4.79 Å². The van der Waals surface area contributed by atoms with Crippen LogP contribution in [0.1, 0.15) is 53.0 Å². The molecule has 0 amide bonds. The van der Waals surface area contributed by atoms with Crippen LogP contribution in [0.3, 0.4) is 0 Å². The third-order valence-corrected chi connectivity index (χ3v) is 4.40. The van der Waals surface area contributed by atoms with Crippen molar-refractivity contribution in [1.82, 2.24) is 4.98 Å². The van der Waals surface area contributed by atoms with E-state index in [0.29, 0.717) is 5.56 Å². The molecule has 0 aromatic carbocycles. The van der Waals surface area contributed by atoms with E-state index in [0.717, 1.165) is 0 Å². The normalized spacial score (nSPS) is 13.8. The Balaban J connectivity index is 3.42. The zero-order valence-corrected chi connectivity index (χ0v) is 18.5. The first-order chi connectivity index (χ1) is 14.0. The number of esters is 3. The molecule has 9 nitrogen and oxygen atoms in total. The highest BCUT2D eigenvalue weighted by Gasteiger charge is 2.53. The van der Waals surface area contributed by atoms with Crippen molar-refractivity contribution in [3.8, 4) is 0 Å². The molecule has 1 aromatic heterocycles. The number of aromatic nitrogens is 1. The summed E-state index contributed by atoms with van der Waals surface area (Å²) in [6, 6.07) is 3.04. The Labute approximate surface area is 177 Å². The predicted molar refractivity (Wildman–Crippen MR) is 108 cm³/mol. The van der Waals surface area contributed by atoms with Crippen LogP contribution in [-0.4, -0.2) is 54.5 Å². The number of methoxy groups -OCH3 is 1. The zero-order chi connectivity index (χ0) is 23.0. The van der Waals surface area contributed by atoms with Crippen molar-refractivity contribution in [1.29, 1.82) is 0 Å². The highest BCUT2D eigenvalue weighted by Crippen LogP contribution is 2.35. The van der Waals surface area contributed by atoms with Crippen molar-refractivity contribution >= 4 is 17.9 Å². The fraction of sp³-hybridized carbons (Fsp3) is 0.619. The van der Waals surface area contributed by atoms with Gasteiger partial charge in [0.05, 0.1) is 13.2 Å². The van der Waals surface area contributed by atoms with Crippen LogP contribution in [0.25, 0.3) is 0 Å². The number of ether oxygens (including phenoxy) is 4. The standard InChI is InChI=1S/C21H32N2O7/c1-7-28-16(24)20(17(25)29-8-2,15-9-13-23-14-10-15)11-12-21(22,27-6)18(26)30-19(3,4)5/h9-10,13-14H,7-8,11-12,22H2,1-6H3. The van der Waals surface area contributed by atoms with E-state index >= 15 is 0 Å². The fourth-order valence-electron chi connectivity index (χ4n) is 2.84. The maximum absolute atomic E-state index is 13.0. The third kappa shape index (κ3) is 5.99. The molecule has 0 spiro atoms. The van der Waals surface area contributed by atoms with Gasteiger partial charge in [0.1, 0.15) is 5.60 Å². The molecule has 0 aliphatic rings. The van der Waals surface area contributed by atoms with Gasteiger partial charge in [-0.1, -0.05) is 0 Å². The molecule has 0 bridgehead atoms. The number of nitrogens with two attached hydrogens (primary N) is 1. The first-order valence-corrected chi connectivity index (χ1v) is 9.79. The minimum atomic E-state index is -1.88. The molecule has 1 atom stereocenters. The van der Waals surface area contributed by atoms with Gasteiger partial charge in [-0.15, -0.1) is 0 Å². The summed E-state index contributed by atoms with van der Waals surface area (Å²) in [5, 5.41) is 0. The second-order valence-corrected chi connectivity index (χ2v) is 7.68. The summed E-state index contributed by atoms with van der Waals surface area (Å²) < 4.78 is 21.0. The maximum atomic E-state index is 13.0. The quantitative estimate of drug-likeness (QED) is 0.259. The van der Waals surface area contributed by atoms with Gasteiger partial charge < -0.3 is 18.9 Å². The van der Waals surface area contributed by atoms with E-state index in [1.165, 1.54) is 31.6 Å². The van der Waals surface area contributed by atoms with Crippen LogP contribution in [0, 0.1) is 0 Å². The minimum absolute atomic E-state index is 0.0508. The minimum Gasteiger partial charge on any atom is -0.465 e. The molecule has 1 heterocycles. The molecule has 30 heavy (non-hydrogen) atoms. The van der Waals surface area contributed by atoms with Crippen molar-refractivity contribution < 1.29 is 33.3 Å². The Hall–Kier alpha value is -2.52. The van der Waals surface area contributed by atoms with Crippen LogP contribution in [-0.2, 0) is 38.7 Å². The smallest absolute Gasteiger partial charge is 0.354 e. The summed E-state index contributed by atoms with van der Waals surface area (Å²) in [7, 11) is 1.26. The number of nitrogens with zero attached hydrogens (tertiary/aromatic N) is 1. The number of rotatable bonds is 10. The van der Waals surface area contributed by atoms with Gasteiger partial charge in [0.15, 0.2) is 5.41 Å². The molecule has 2 N–H and O–H groups in total. The van der Waals surface area contributed by atoms with E-state index in [1.807, 2.05) is 0 Å². The summed E-state index contributed by atoms with van der Waals surface area (Å²) in [5.74, 6) is -2.43. The van der Waals surface area contributed by atoms with E-state index in [1.54, 1.807) is 34.6 Å². The SMILES string of the molecule is CCOC(=O)C(CCC(N)(OC)C(=O)OC(C)(C)C)(C(=O)OCC)c1ccncc1. The number of pyridine rings is 1. The summed E-state index contributed by atoms with van der Waals surface area (Å²) in [4.78, 5) is 42.7. The molecule has 168 valence electrons. The maximum Gasteiger partial charge on any atom is 0.354 e. The summed E-state index contributed by atoms with van der Waals surface area (Å²) >= 11 is 0. The summed E-state index contributed by atoms with van der Waals surface area (Å²) in [6.45, 7) is 8.44. The predicted octanol–water partition coefficient (Wildman–Crippen LogP) is 1.87. The van der Waals surface area contributed by atoms with E-state index in [9.17, 15) is 14.4 Å². The average molecular weight is 424 g/mol. The topological polar surface area (TPSA) is 127 Å². The van der Waals surface area contributed by atoms with Crippen LogP contribution in [0.2, 0.25) is 0 Å². The molecule has 0 aliphatic carbocycles. The fourth-order valence-corrected chi connectivity index (χ4v) is 2.84. The van der Waals surface area contributed by atoms with Gasteiger partial charge in [0.2, 0.25) is 5.72 Å². The zero-order valence-electron chi connectivity index (χ0n) is 18.5. The lowest BCUT2D eigenvalue weighted by molar-refractivity contribution is -0.183. The lowest BCUT2D eigenvalue weighted by Gasteiger charge is -2.34. The molecule has 0 radical (unpaired) electrons. The Morgan fingerprint density at radius 1 is 0.933 bits per heavy atom. The van der Waals surface area contributed by atoms with Gasteiger partial charge >= 0.3 is 17.9 Å². The Kier molecular flexibility index (Phi) is 8.92. The molecule has 0 saturated carbocycles. The Bertz CT molecular complexity index is 713. The second-order valence-electron chi connectivity index (χ2n) is 7.68. The van der Waals surface area contributed by atoms with Crippen molar-refractivity contribution in [2.75, 3.05) is 20.3 Å². The largest absolute Gasteiger partial charge is 0.465 e. The molecular formula is C21H32N2O7. The van der Waals surface area contributed by atoms with Gasteiger partial charge in [0.25, 0.3) is 0 Å². The molecule has 1 aromatic rings. The first-order valence-electron chi connectivity index (χ1n) is 9.79. The number of carbonyl (C=O) groups excluding carboxylic acids is 3. The van der Waals surface area contributed by atoms with E-state index in [2.05, 4.69) is 4.98 Å². The number of carbonyl (C=O) groups is 3. The lowest BCUT2D eigenvalue weighted by atomic mass is 9.75. The number of hydrogen-bond acceptors (Lipinski definition) is 9. The van der Waals surface area contributed by atoms with Crippen molar-refractivity contribution in [3.05, 3.63) is 30.1 Å². The van der Waals surface area contributed by atoms with Gasteiger partial charge in [-0.05, 0) is 58.7 Å². The van der Waals surface area contributed by atoms with Crippen molar-refractivity contribution in [3.63, 3.8) is 0 Å². The number of hydrogen-bond donors (Lipinski definition) is 1. The first kappa shape index (κ1) is 25.5. The Morgan fingerprint density at radius 3 is 1.83 bits per heavy atom.